The minimum absolute atomic E-state index is 0.145. The second-order valence-corrected chi connectivity index (χ2v) is 6.60. The Morgan fingerprint density at radius 3 is 2.43 bits per heavy atom. The van der Waals surface area contributed by atoms with Crippen LogP contribution in [0.3, 0.4) is 0 Å². The van der Waals surface area contributed by atoms with E-state index in [9.17, 15) is 4.39 Å². The van der Waals surface area contributed by atoms with Crippen LogP contribution >= 0.6 is 0 Å². The van der Waals surface area contributed by atoms with Crippen molar-refractivity contribution in [3.05, 3.63) is 35.6 Å². The molecule has 0 bridgehead atoms. The molecule has 1 aliphatic carbocycles. The van der Waals surface area contributed by atoms with Gasteiger partial charge in [-0.1, -0.05) is 51.2 Å². The lowest BCUT2D eigenvalue weighted by atomic mass is 9.84. The quantitative estimate of drug-likeness (QED) is 0.688. The van der Waals surface area contributed by atoms with Crippen molar-refractivity contribution in [1.82, 2.24) is 5.32 Å². The number of rotatable bonds is 7. The fourth-order valence-electron chi connectivity index (χ4n) is 3.54. The van der Waals surface area contributed by atoms with Crippen molar-refractivity contribution in [2.24, 2.45) is 5.92 Å². The van der Waals surface area contributed by atoms with Crippen LogP contribution in [0.25, 0.3) is 0 Å². The molecule has 2 unspecified atom stereocenters. The van der Waals surface area contributed by atoms with Crippen LogP contribution in [-0.2, 0) is 0 Å². The fourth-order valence-corrected chi connectivity index (χ4v) is 3.54. The van der Waals surface area contributed by atoms with Gasteiger partial charge >= 0.3 is 0 Å². The highest BCUT2D eigenvalue weighted by Crippen LogP contribution is 2.29. The van der Waals surface area contributed by atoms with Crippen molar-refractivity contribution in [2.75, 3.05) is 0 Å². The zero-order valence-electron chi connectivity index (χ0n) is 13.6. The molecule has 1 fully saturated rings. The zero-order valence-corrected chi connectivity index (χ0v) is 13.6. The van der Waals surface area contributed by atoms with Gasteiger partial charge in [0.25, 0.3) is 0 Å². The van der Waals surface area contributed by atoms with Crippen molar-refractivity contribution in [1.29, 1.82) is 0 Å². The van der Waals surface area contributed by atoms with Crippen LogP contribution in [0.1, 0.15) is 76.8 Å². The molecule has 0 spiro atoms. The topological polar surface area (TPSA) is 12.0 Å². The lowest BCUT2D eigenvalue weighted by Crippen LogP contribution is -2.37. The van der Waals surface area contributed by atoms with Gasteiger partial charge in [0.15, 0.2) is 0 Å². The molecule has 0 saturated heterocycles. The van der Waals surface area contributed by atoms with Gasteiger partial charge in [-0.3, -0.25) is 0 Å². The van der Waals surface area contributed by atoms with Gasteiger partial charge in [-0.2, -0.15) is 0 Å². The van der Waals surface area contributed by atoms with Crippen LogP contribution in [0.4, 0.5) is 4.39 Å². The van der Waals surface area contributed by atoms with Gasteiger partial charge in [0, 0.05) is 12.1 Å². The Morgan fingerprint density at radius 2 is 1.81 bits per heavy atom. The first-order valence-electron chi connectivity index (χ1n) is 8.72. The summed E-state index contributed by atoms with van der Waals surface area (Å²) in [6, 6.07) is 7.97. The Labute approximate surface area is 129 Å². The second kappa shape index (κ2) is 8.53. The van der Waals surface area contributed by atoms with Crippen LogP contribution in [-0.4, -0.2) is 6.04 Å². The van der Waals surface area contributed by atoms with E-state index in [4.69, 9.17) is 0 Å². The Bertz CT molecular complexity index is 395. The van der Waals surface area contributed by atoms with Crippen LogP contribution in [0.5, 0.6) is 0 Å². The molecule has 1 saturated carbocycles. The molecule has 21 heavy (non-hydrogen) atoms. The minimum atomic E-state index is -0.145. The van der Waals surface area contributed by atoms with E-state index in [-0.39, 0.29) is 5.82 Å². The predicted octanol–water partition coefficient (Wildman–Crippen LogP) is 5.62. The average molecular weight is 291 g/mol. The molecule has 1 aliphatic rings. The first-order chi connectivity index (χ1) is 10.2. The lowest BCUT2D eigenvalue weighted by Gasteiger charge is -2.32. The number of hydrogen-bond acceptors (Lipinski definition) is 1. The molecule has 1 aromatic rings. The Hall–Kier alpha value is -0.890. The average Bonchev–Trinajstić information content (AvgIpc) is 2.53. The van der Waals surface area contributed by atoms with E-state index in [0.717, 1.165) is 12.3 Å². The summed E-state index contributed by atoms with van der Waals surface area (Å²) in [6.45, 7) is 4.56. The van der Waals surface area contributed by atoms with E-state index >= 15 is 0 Å². The van der Waals surface area contributed by atoms with E-state index < -0.39 is 0 Å². The maximum absolute atomic E-state index is 13.1. The minimum Gasteiger partial charge on any atom is -0.307 e. The van der Waals surface area contributed by atoms with Crippen molar-refractivity contribution in [3.8, 4) is 0 Å². The first kappa shape index (κ1) is 16.5. The third-order valence-corrected chi connectivity index (χ3v) is 4.94. The zero-order chi connectivity index (χ0) is 15.1. The number of hydrogen-bond donors (Lipinski definition) is 1. The highest BCUT2D eigenvalue weighted by atomic mass is 19.1. The van der Waals surface area contributed by atoms with Gasteiger partial charge in [0.1, 0.15) is 5.82 Å². The molecule has 2 atom stereocenters. The summed E-state index contributed by atoms with van der Waals surface area (Å²) in [5.74, 6) is 0.664. The largest absolute Gasteiger partial charge is 0.307 e. The normalized spacial score (nSPS) is 19.4. The van der Waals surface area contributed by atoms with Crippen LogP contribution in [0.2, 0.25) is 0 Å². The molecule has 0 heterocycles. The Morgan fingerprint density at radius 1 is 1.14 bits per heavy atom. The maximum atomic E-state index is 13.1. The summed E-state index contributed by atoms with van der Waals surface area (Å²) >= 11 is 0. The monoisotopic (exact) mass is 291 g/mol. The summed E-state index contributed by atoms with van der Waals surface area (Å²) in [5, 5.41) is 3.83. The van der Waals surface area contributed by atoms with E-state index in [1.807, 2.05) is 12.1 Å². The van der Waals surface area contributed by atoms with Gasteiger partial charge in [-0.25, -0.2) is 4.39 Å². The molecule has 0 amide bonds. The van der Waals surface area contributed by atoms with Crippen molar-refractivity contribution < 1.29 is 4.39 Å². The van der Waals surface area contributed by atoms with Crippen molar-refractivity contribution >= 4 is 0 Å². The first-order valence-corrected chi connectivity index (χ1v) is 8.72. The molecule has 1 aromatic carbocycles. The molecule has 0 aliphatic heterocycles. The molecule has 0 radical (unpaired) electrons. The highest BCUT2D eigenvalue weighted by Gasteiger charge is 2.22. The van der Waals surface area contributed by atoms with Gasteiger partial charge in [-0.15, -0.1) is 0 Å². The Kier molecular flexibility index (Phi) is 6.69. The summed E-state index contributed by atoms with van der Waals surface area (Å²) in [7, 11) is 0. The molecule has 1 nitrogen and oxygen atoms in total. The van der Waals surface area contributed by atoms with E-state index in [1.54, 1.807) is 12.1 Å². The molecule has 0 aromatic heterocycles. The molecule has 1 N–H and O–H groups in total. The van der Waals surface area contributed by atoms with Crippen LogP contribution in [0, 0.1) is 11.7 Å². The van der Waals surface area contributed by atoms with Gasteiger partial charge in [-0.05, 0) is 49.8 Å². The van der Waals surface area contributed by atoms with Gasteiger partial charge < -0.3 is 5.32 Å². The smallest absolute Gasteiger partial charge is 0.123 e. The molecular formula is C19H30FN. The van der Waals surface area contributed by atoms with Crippen molar-refractivity contribution in [3.63, 3.8) is 0 Å². The van der Waals surface area contributed by atoms with E-state index in [2.05, 4.69) is 19.2 Å². The third kappa shape index (κ3) is 5.10. The van der Waals surface area contributed by atoms with Gasteiger partial charge in [0.2, 0.25) is 0 Å². The summed E-state index contributed by atoms with van der Waals surface area (Å²) < 4.78 is 13.1. The highest BCUT2D eigenvalue weighted by molar-refractivity contribution is 5.20. The predicted molar refractivity (Wildman–Crippen MR) is 87.8 cm³/mol. The van der Waals surface area contributed by atoms with E-state index in [0.29, 0.717) is 12.1 Å². The third-order valence-electron chi connectivity index (χ3n) is 4.94. The van der Waals surface area contributed by atoms with Gasteiger partial charge in [0.05, 0.1) is 0 Å². The van der Waals surface area contributed by atoms with Crippen molar-refractivity contribution in [2.45, 2.75) is 77.3 Å². The number of benzene rings is 1. The molecule has 2 rings (SSSR count). The lowest BCUT2D eigenvalue weighted by molar-refractivity contribution is 0.259. The maximum Gasteiger partial charge on any atom is 0.123 e. The number of unbranched alkanes of at least 4 members (excludes halogenated alkanes) is 1. The standard InChI is InChI=1S/C19H30FN/c1-3-4-10-19(17-11-13-18(20)14-12-17)21-15(2)16-8-6-5-7-9-16/h11-16,19,21H,3-10H2,1-2H3. The summed E-state index contributed by atoms with van der Waals surface area (Å²) in [4.78, 5) is 0. The number of nitrogens with one attached hydrogen (secondary N) is 1. The molecular weight excluding hydrogens is 261 g/mol. The molecule has 2 heteroatoms. The SMILES string of the molecule is CCCCC(NC(C)C1CCCCC1)c1ccc(F)cc1. The number of halogens is 1. The summed E-state index contributed by atoms with van der Waals surface area (Å²) in [6.07, 6.45) is 10.4. The van der Waals surface area contributed by atoms with Crippen LogP contribution in [0.15, 0.2) is 24.3 Å². The second-order valence-electron chi connectivity index (χ2n) is 6.60. The fraction of sp³-hybridized carbons (Fsp3) is 0.684. The Balaban J connectivity index is 1.99. The van der Waals surface area contributed by atoms with Crippen LogP contribution < -0.4 is 5.32 Å². The molecule has 118 valence electrons. The summed E-state index contributed by atoms with van der Waals surface area (Å²) in [5.41, 5.74) is 1.23. The van der Waals surface area contributed by atoms with E-state index in [1.165, 1.54) is 50.5 Å².